The summed E-state index contributed by atoms with van der Waals surface area (Å²) in [7, 11) is -2.68. The van der Waals surface area contributed by atoms with Gasteiger partial charge >= 0.3 is 13.6 Å². The average molecular weight is 151 g/mol. The van der Waals surface area contributed by atoms with Gasteiger partial charge in [0.25, 0.3) is 0 Å². The van der Waals surface area contributed by atoms with Crippen LogP contribution in [0.25, 0.3) is 0 Å². The van der Waals surface area contributed by atoms with Crippen molar-refractivity contribution in [3.63, 3.8) is 0 Å². The number of nitrogens with two attached hydrogens (primary N) is 1. The summed E-state index contributed by atoms with van der Waals surface area (Å²) >= 11 is 0. The molecule has 3 N–H and O–H groups in total. The van der Waals surface area contributed by atoms with Crippen molar-refractivity contribution in [2.45, 2.75) is 6.04 Å². The van der Waals surface area contributed by atoms with E-state index in [9.17, 15) is 13.9 Å². The summed E-state index contributed by atoms with van der Waals surface area (Å²) in [4.78, 5) is 9.84. The monoisotopic (exact) mass is 151 g/mol. The van der Waals surface area contributed by atoms with Crippen LogP contribution in [0.5, 0.6) is 0 Å². The second-order valence-corrected chi connectivity index (χ2v) is 2.49. The van der Waals surface area contributed by atoms with E-state index in [0.29, 0.717) is 0 Å². The normalized spacial score (nSPS) is 12.6. The van der Waals surface area contributed by atoms with Gasteiger partial charge in [0.05, 0.1) is 6.16 Å². The van der Waals surface area contributed by atoms with Crippen molar-refractivity contribution in [2.24, 2.45) is 5.73 Å². The number of hydrogen-bond acceptors (Lipinski definition) is 4. The minimum atomic E-state index is -2.68. The maximum absolute atomic E-state index is 9.84. The maximum Gasteiger partial charge on any atom is 0.321 e. The van der Waals surface area contributed by atoms with Crippen molar-refractivity contribution in [2.75, 3.05) is 6.16 Å². The summed E-state index contributed by atoms with van der Waals surface area (Å²) in [6, 6.07) is -1.29. The number of hydrogen-bond donors (Lipinski definition) is 2. The first-order valence-electron chi connectivity index (χ1n) is 2.14. The molecule has 0 amide bonds. The van der Waals surface area contributed by atoms with Gasteiger partial charge in [-0.1, -0.05) is 0 Å². The van der Waals surface area contributed by atoms with Crippen molar-refractivity contribution in [1.82, 2.24) is 0 Å². The van der Waals surface area contributed by atoms with Gasteiger partial charge in [-0.15, -0.1) is 0 Å². The van der Waals surface area contributed by atoms with E-state index in [2.05, 4.69) is 0 Å². The van der Waals surface area contributed by atoms with Crippen LogP contribution in [-0.4, -0.2) is 23.3 Å². The fourth-order valence-electron chi connectivity index (χ4n) is 0.239. The van der Waals surface area contributed by atoms with Crippen LogP contribution in [0.15, 0.2) is 0 Å². The Kier molecular flexibility index (Phi) is 3.12. The van der Waals surface area contributed by atoms with Crippen LogP contribution in [-0.2, 0) is 13.9 Å². The van der Waals surface area contributed by atoms with Gasteiger partial charge in [-0.25, -0.2) is 9.13 Å². The van der Waals surface area contributed by atoms with E-state index >= 15 is 0 Å². The standard InChI is InChI=1S/C3H6NO4P/c4-2(3(5)6)1-9(7)8/h2H,1,4H2,(H,5,6). The number of carboxylic acids is 1. The second-order valence-electron chi connectivity index (χ2n) is 1.46. The first kappa shape index (κ1) is 8.33. The highest BCUT2D eigenvalue weighted by atomic mass is 31.1. The van der Waals surface area contributed by atoms with Gasteiger partial charge in [-0.3, -0.25) is 4.79 Å². The smallest absolute Gasteiger partial charge is 0.321 e. The molecule has 0 aliphatic rings. The van der Waals surface area contributed by atoms with E-state index in [1.165, 1.54) is 0 Å². The molecule has 9 heavy (non-hydrogen) atoms. The largest absolute Gasteiger partial charge is 0.480 e. The van der Waals surface area contributed by atoms with Gasteiger partial charge in [-0.2, -0.15) is 0 Å². The molecule has 0 aliphatic heterocycles. The van der Waals surface area contributed by atoms with Crippen LogP contribution >= 0.6 is 7.68 Å². The molecule has 0 aliphatic carbocycles. The topological polar surface area (TPSA) is 97.5 Å². The van der Waals surface area contributed by atoms with Gasteiger partial charge in [0, 0.05) is 0 Å². The molecule has 0 saturated heterocycles. The lowest BCUT2D eigenvalue weighted by Crippen LogP contribution is -2.31. The molecule has 1 unspecified atom stereocenters. The predicted octanol–water partition coefficient (Wildman–Crippen LogP) is -0.429. The molecule has 0 aromatic rings. The van der Waals surface area contributed by atoms with Crippen molar-refractivity contribution in [3.05, 3.63) is 0 Å². The molecule has 0 aromatic carbocycles. The zero-order chi connectivity index (χ0) is 7.44. The highest BCUT2D eigenvalue weighted by molar-refractivity contribution is 7.30. The summed E-state index contributed by atoms with van der Waals surface area (Å²) in [6.07, 6.45) is -0.495. The van der Waals surface area contributed by atoms with Crippen molar-refractivity contribution in [1.29, 1.82) is 0 Å². The summed E-state index contributed by atoms with van der Waals surface area (Å²) in [5, 5.41) is 8.04. The van der Waals surface area contributed by atoms with Crippen LogP contribution < -0.4 is 5.73 Å². The van der Waals surface area contributed by atoms with Crippen LogP contribution in [0, 0.1) is 0 Å². The number of rotatable bonds is 3. The summed E-state index contributed by atoms with van der Waals surface area (Å²) in [5.74, 6) is -1.30. The summed E-state index contributed by atoms with van der Waals surface area (Å²) in [5.41, 5.74) is 4.83. The number of carboxylic acid groups (broad SMARTS) is 1. The number of carbonyl (C=O) groups is 1. The van der Waals surface area contributed by atoms with Gasteiger partial charge in [0.2, 0.25) is 0 Å². The fourth-order valence-corrected chi connectivity index (χ4v) is 0.716. The lowest BCUT2D eigenvalue weighted by Gasteiger charge is -1.95. The molecule has 0 bridgehead atoms. The van der Waals surface area contributed by atoms with Gasteiger partial charge in [0.15, 0.2) is 0 Å². The van der Waals surface area contributed by atoms with E-state index in [4.69, 9.17) is 10.8 Å². The van der Waals surface area contributed by atoms with E-state index in [-0.39, 0.29) is 0 Å². The Balaban J connectivity index is 3.77. The molecule has 0 spiro atoms. The third-order valence-corrected chi connectivity index (χ3v) is 1.35. The van der Waals surface area contributed by atoms with Gasteiger partial charge in [0.1, 0.15) is 6.04 Å². The fraction of sp³-hybridized carbons (Fsp3) is 0.667. The lowest BCUT2D eigenvalue weighted by molar-refractivity contribution is -0.137. The molecular weight excluding hydrogens is 145 g/mol. The SMILES string of the molecule is NC(CP(=O)=O)C(=O)O. The first-order valence-corrected chi connectivity index (χ1v) is 3.50. The molecule has 0 rings (SSSR count). The average Bonchev–Trinajstić information content (AvgIpc) is 1.63. The van der Waals surface area contributed by atoms with E-state index in [1.54, 1.807) is 0 Å². The Bertz CT molecular complexity index is 167. The Labute approximate surface area is 51.7 Å². The molecule has 0 aromatic heterocycles. The first-order chi connectivity index (χ1) is 4.04. The Morgan fingerprint density at radius 3 is 2.22 bits per heavy atom. The van der Waals surface area contributed by atoms with Gasteiger partial charge < -0.3 is 10.8 Å². The molecular formula is C3H6NO4P. The van der Waals surface area contributed by atoms with E-state index in [0.717, 1.165) is 0 Å². The third kappa shape index (κ3) is 3.88. The number of aliphatic carboxylic acids is 1. The highest BCUT2D eigenvalue weighted by Gasteiger charge is 2.12. The van der Waals surface area contributed by atoms with Crippen molar-refractivity contribution >= 4 is 13.6 Å². The molecule has 52 valence electrons. The second kappa shape index (κ2) is 3.37. The lowest BCUT2D eigenvalue weighted by atomic mass is 10.4. The Morgan fingerprint density at radius 1 is 1.67 bits per heavy atom. The van der Waals surface area contributed by atoms with E-state index < -0.39 is 25.9 Å². The molecule has 0 saturated carbocycles. The van der Waals surface area contributed by atoms with Crippen LogP contribution in [0.1, 0.15) is 0 Å². The van der Waals surface area contributed by atoms with Crippen LogP contribution in [0.2, 0.25) is 0 Å². The summed E-state index contributed by atoms with van der Waals surface area (Å²) in [6.45, 7) is 0. The zero-order valence-corrected chi connectivity index (χ0v) is 5.38. The predicted molar refractivity (Wildman–Crippen MR) is 28.8 cm³/mol. The molecule has 1 atom stereocenters. The minimum absolute atomic E-state index is 0.495. The Hall–Kier alpha value is -0.670. The quantitative estimate of drug-likeness (QED) is 0.533. The molecule has 0 fully saturated rings. The molecule has 0 heterocycles. The molecule has 0 radical (unpaired) electrons. The summed E-state index contributed by atoms with van der Waals surface area (Å²) < 4.78 is 19.6. The maximum atomic E-state index is 9.84. The molecule has 6 heteroatoms. The highest BCUT2D eigenvalue weighted by Crippen LogP contribution is 2.02. The zero-order valence-electron chi connectivity index (χ0n) is 4.48. The minimum Gasteiger partial charge on any atom is -0.480 e. The van der Waals surface area contributed by atoms with Crippen LogP contribution in [0.3, 0.4) is 0 Å². The third-order valence-electron chi connectivity index (χ3n) is 0.663. The van der Waals surface area contributed by atoms with Crippen LogP contribution in [0.4, 0.5) is 0 Å². The van der Waals surface area contributed by atoms with Gasteiger partial charge in [-0.05, 0) is 0 Å². The van der Waals surface area contributed by atoms with Crippen molar-refractivity contribution in [3.8, 4) is 0 Å². The molecule has 5 nitrogen and oxygen atoms in total. The van der Waals surface area contributed by atoms with E-state index in [1.807, 2.05) is 0 Å². The Morgan fingerprint density at radius 2 is 2.11 bits per heavy atom. The van der Waals surface area contributed by atoms with Crippen molar-refractivity contribution < 1.29 is 19.0 Å².